The van der Waals surface area contributed by atoms with Crippen LogP contribution in [0.1, 0.15) is 5.56 Å². The van der Waals surface area contributed by atoms with Crippen molar-refractivity contribution in [2.24, 2.45) is 7.05 Å². The van der Waals surface area contributed by atoms with Crippen molar-refractivity contribution in [3.63, 3.8) is 0 Å². The van der Waals surface area contributed by atoms with Gasteiger partial charge in [-0.05, 0) is 55.5 Å². The minimum atomic E-state index is -3.48. The number of nitrogens with zero attached hydrogens (tertiary/aromatic N) is 5. The van der Waals surface area contributed by atoms with Crippen molar-refractivity contribution in [1.82, 2.24) is 23.6 Å². The van der Waals surface area contributed by atoms with Crippen molar-refractivity contribution in [3.8, 4) is 11.4 Å². The van der Waals surface area contributed by atoms with E-state index in [0.717, 1.165) is 17.0 Å². The van der Waals surface area contributed by atoms with Gasteiger partial charge < -0.3 is 4.57 Å². The zero-order chi connectivity index (χ0) is 22.2. The molecule has 2 heterocycles. The van der Waals surface area contributed by atoms with Crippen molar-refractivity contribution >= 4 is 33.8 Å². The van der Waals surface area contributed by atoms with Crippen LogP contribution in [0.3, 0.4) is 0 Å². The minimum absolute atomic E-state index is 0.339. The van der Waals surface area contributed by atoms with Gasteiger partial charge in [-0.25, -0.2) is 13.1 Å². The molecule has 0 atom stereocenters. The SMILES string of the molecule is Cc1ccc(S(=O)(=O)N2CCN(Cn3nc(-c4ccc(Cl)cc4)n(C)c3=S)CC2)cc1. The van der Waals surface area contributed by atoms with Crippen molar-refractivity contribution in [2.75, 3.05) is 26.2 Å². The number of hydrogen-bond donors (Lipinski definition) is 0. The van der Waals surface area contributed by atoms with Crippen LogP contribution in [-0.2, 0) is 23.7 Å². The normalized spacial score (nSPS) is 16.0. The maximum atomic E-state index is 12.9. The molecule has 0 aliphatic carbocycles. The molecular weight excluding hydrogens is 454 g/mol. The van der Waals surface area contributed by atoms with E-state index in [2.05, 4.69) is 10.00 Å². The first-order valence-electron chi connectivity index (χ1n) is 9.94. The first-order valence-corrected chi connectivity index (χ1v) is 12.2. The predicted octanol–water partition coefficient (Wildman–Crippen LogP) is 3.54. The Bertz CT molecular complexity index is 1230. The molecule has 0 N–H and O–H groups in total. The fourth-order valence-electron chi connectivity index (χ4n) is 3.59. The molecule has 0 saturated carbocycles. The van der Waals surface area contributed by atoms with E-state index >= 15 is 0 Å². The molecule has 4 rings (SSSR count). The van der Waals surface area contributed by atoms with Gasteiger partial charge >= 0.3 is 0 Å². The van der Waals surface area contributed by atoms with E-state index in [1.54, 1.807) is 21.1 Å². The molecule has 0 bridgehead atoms. The molecule has 1 aromatic heterocycles. The predicted molar refractivity (Wildman–Crippen MR) is 124 cm³/mol. The van der Waals surface area contributed by atoms with E-state index in [1.807, 2.05) is 54.9 Å². The second-order valence-corrected chi connectivity index (χ2v) is 10.4. The van der Waals surface area contributed by atoms with Crippen LogP contribution in [0, 0.1) is 11.7 Å². The molecule has 0 radical (unpaired) electrons. The van der Waals surface area contributed by atoms with Crippen LogP contribution in [0.2, 0.25) is 5.02 Å². The van der Waals surface area contributed by atoms with Gasteiger partial charge in [0.25, 0.3) is 0 Å². The molecule has 0 unspecified atom stereocenters. The van der Waals surface area contributed by atoms with Crippen LogP contribution in [0.5, 0.6) is 0 Å². The third-order valence-corrected chi connectivity index (χ3v) is 8.12. The first kappa shape index (κ1) is 22.2. The number of halogens is 1. The summed E-state index contributed by atoms with van der Waals surface area (Å²) >= 11 is 11.6. The highest BCUT2D eigenvalue weighted by Crippen LogP contribution is 2.21. The number of benzene rings is 2. The number of hydrogen-bond acceptors (Lipinski definition) is 5. The highest BCUT2D eigenvalue weighted by molar-refractivity contribution is 7.89. The Morgan fingerprint density at radius 1 is 1.00 bits per heavy atom. The van der Waals surface area contributed by atoms with Crippen molar-refractivity contribution in [3.05, 3.63) is 63.9 Å². The zero-order valence-corrected chi connectivity index (χ0v) is 19.8. The minimum Gasteiger partial charge on any atom is -0.303 e. The monoisotopic (exact) mass is 477 g/mol. The lowest BCUT2D eigenvalue weighted by atomic mass is 10.2. The molecule has 0 spiro atoms. The van der Waals surface area contributed by atoms with Gasteiger partial charge in [0.15, 0.2) is 10.6 Å². The molecule has 1 fully saturated rings. The largest absolute Gasteiger partial charge is 0.303 e. The zero-order valence-electron chi connectivity index (χ0n) is 17.4. The van der Waals surface area contributed by atoms with Crippen LogP contribution >= 0.6 is 23.8 Å². The smallest absolute Gasteiger partial charge is 0.243 e. The Hall–Kier alpha value is -2.04. The summed E-state index contributed by atoms with van der Waals surface area (Å²) in [5.74, 6) is 0.766. The summed E-state index contributed by atoms with van der Waals surface area (Å²) < 4.78 is 31.6. The van der Waals surface area contributed by atoms with Crippen LogP contribution in [0.15, 0.2) is 53.4 Å². The highest BCUT2D eigenvalue weighted by atomic mass is 35.5. The number of aryl methyl sites for hydroxylation is 1. The molecule has 3 aromatic rings. The Labute approximate surface area is 192 Å². The topological polar surface area (TPSA) is 63.4 Å². The standard InChI is InChI=1S/C21H24ClN5O2S2/c1-16-3-9-19(10-4-16)31(28,29)26-13-11-25(12-14-26)15-27-21(30)24(2)20(23-27)17-5-7-18(22)8-6-17/h3-10H,11-15H2,1-2H3. The van der Waals surface area contributed by atoms with Gasteiger partial charge in [0.2, 0.25) is 10.0 Å². The molecule has 1 aliphatic rings. The summed E-state index contributed by atoms with van der Waals surface area (Å²) in [4.78, 5) is 2.50. The van der Waals surface area contributed by atoms with Gasteiger partial charge in [-0.15, -0.1) is 0 Å². The highest BCUT2D eigenvalue weighted by Gasteiger charge is 2.28. The lowest BCUT2D eigenvalue weighted by molar-refractivity contribution is 0.144. The number of piperazine rings is 1. The fraction of sp³-hybridized carbons (Fsp3) is 0.333. The van der Waals surface area contributed by atoms with Gasteiger partial charge in [0.05, 0.1) is 11.6 Å². The molecule has 0 amide bonds. The third kappa shape index (κ3) is 4.61. The molecule has 2 aromatic carbocycles. The maximum Gasteiger partial charge on any atom is 0.243 e. The molecule has 31 heavy (non-hydrogen) atoms. The molecule has 7 nitrogen and oxygen atoms in total. The Morgan fingerprint density at radius 2 is 1.61 bits per heavy atom. The van der Waals surface area contributed by atoms with Gasteiger partial charge in [-0.1, -0.05) is 29.3 Å². The van der Waals surface area contributed by atoms with E-state index in [4.69, 9.17) is 23.8 Å². The Kier molecular flexibility index (Phi) is 6.32. The first-order chi connectivity index (χ1) is 14.8. The van der Waals surface area contributed by atoms with Gasteiger partial charge in [-0.3, -0.25) is 4.90 Å². The van der Waals surface area contributed by atoms with Crippen LogP contribution < -0.4 is 0 Å². The van der Waals surface area contributed by atoms with Gasteiger partial charge in [0.1, 0.15) is 0 Å². The second-order valence-electron chi connectivity index (χ2n) is 7.65. The summed E-state index contributed by atoms with van der Waals surface area (Å²) in [6.45, 7) is 4.54. The van der Waals surface area contributed by atoms with Crippen molar-refractivity contribution < 1.29 is 8.42 Å². The molecule has 1 aliphatic heterocycles. The van der Waals surface area contributed by atoms with E-state index < -0.39 is 10.0 Å². The number of rotatable bonds is 5. The van der Waals surface area contributed by atoms with E-state index in [1.165, 1.54) is 0 Å². The summed E-state index contributed by atoms with van der Waals surface area (Å²) in [5, 5.41) is 5.36. The average Bonchev–Trinajstić information content (AvgIpc) is 3.03. The maximum absolute atomic E-state index is 12.9. The summed E-state index contributed by atoms with van der Waals surface area (Å²) in [6, 6.07) is 14.5. The van der Waals surface area contributed by atoms with E-state index in [9.17, 15) is 8.42 Å². The van der Waals surface area contributed by atoms with Crippen LogP contribution in [0.4, 0.5) is 0 Å². The summed E-state index contributed by atoms with van der Waals surface area (Å²) in [7, 11) is -1.59. The Balaban J connectivity index is 1.45. The lowest BCUT2D eigenvalue weighted by Gasteiger charge is -2.33. The van der Waals surface area contributed by atoms with Crippen LogP contribution in [-0.4, -0.2) is 58.1 Å². The van der Waals surface area contributed by atoms with Crippen molar-refractivity contribution in [2.45, 2.75) is 18.5 Å². The quantitative estimate of drug-likeness (QED) is 0.526. The van der Waals surface area contributed by atoms with Gasteiger partial charge in [-0.2, -0.15) is 9.40 Å². The third-order valence-electron chi connectivity index (χ3n) is 5.47. The number of sulfonamides is 1. The molecule has 10 heteroatoms. The lowest BCUT2D eigenvalue weighted by Crippen LogP contribution is -2.48. The van der Waals surface area contributed by atoms with Gasteiger partial charge in [0, 0.05) is 43.8 Å². The summed E-state index contributed by atoms with van der Waals surface area (Å²) in [5.41, 5.74) is 1.97. The molecular formula is C21H24ClN5O2S2. The number of aromatic nitrogens is 3. The van der Waals surface area contributed by atoms with Crippen molar-refractivity contribution in [1.29, 1.82) is 0 Å². The average molecular weight is 478 g/mol. The molecule has 1 saturated heterocycles. The second kappa shape index (κ2) is 8.84. The van der Waals surface area contributed by atoms with Crippen LogP contribution in [0.25, 0.3) is 11.4 Å². The van der Waals surface area contributed by atoms with E-state index in [-0.39, 0.29) is 0 Å². The Morgan fingerprint density at radius 3 is 2.23 bits per heavy atom. The molecule has 164 valence electrons. The fourth-order valence-corrected chi connectivity index (χ4v) is 5.32. The van der Waals surface area contributed by atoms with E-state index in [0.29, 0.717) is 47.5 Å². The summed E-state index contributed by atoms with van der Waals surface area (Å²) in [6.07, 6.45) is 0.